The zero-order valence-electron chi connectivity index (χ0n) is 14.9. The summed E-state index contributed by atoms with van der Waals surface area (Å²) in [6.45, 7) is 3.60. The number of Topliss-reactive ketones (excluding diaryl/α,β-unsaturated/α-hetero) is 1. The van der Waals surface area contributed by atoms with Crippen LogP contribution < -0.4 is 10.6 Å². The fraction of sp³-hybridized carbons (Fsp3) is 0.150. The van der Waals surface area contributed by atoms with E-state index in [1.54, 1.807) is 37.3 Å². The number of rotatable bonds is 5. The summed E-state index contributed by atoms with van der Waals surface area (Å²) in [6, 6.07) is 11.9. The first-order chi connectivity index (χ1) is 12.9. The van der Waals surface area contributed by atoms with Crippen LogP contribution in [0, 0.1) is 13.8 Å². The van der Waals surface area contributed by atoms with Gasteiger partial charge in [0.05, 0.1) is 11.8 Å². The van der Waals surface area contributed by atoms with Crippen molar-refractivity contribution in [3.63, 3.8) is 0 Å². The van der Waals surface area contributed by atoms with Crippen LogP contribution in [0.25, 0.3) is 0 Å². The third-order valence-electron chi connectivity index (χ3n) is 4.10. The molecule has 0 atom stereocenters. The first-order valence-corrected chi connectivity index (χ1v) is 8.68. The zero-order valence-corrected chi connectivity index (χ0v) is 15.6. The predicted octanol–water partition coefficient (Wildman–Crippen LogP) is 5.01. The van der Waals surface area contributed by atoms with E-state index in [9.17, 15) is 9.59 Å². The van der Waals surface area contributed by atoms with Crippen molar-refractivity contribution in [2.75, 3.05) is 10.6 Å². The van der Waals surface area contributed by atoms with Crippen molar-refractivity contribution in [3.8, 4) is 0 Å². The van der Waals surface area contributed by atoms with Crippen LogP contribution in [0.3, 0.4) is 0 Å². The number of carbonyl (C=O) groups is 2. The van der Waals surface area contributed by atoms with Crippen LogP contribution in [0.1, 0.15) is 27.2 Å². The lowest BCUT2D eigenvalue weighted by Crippen LogP contribution is -2.19. The SMILES string of the molecule is Cc1cc(NC(=O)Nc2ccc(Cl)cc2)ccc1CC(=O)c1cnoc1C. The molecule has 2 N–H and O–H groups in total. The summed E-state index contributed by atoms with van der Waals surface area (Å²) in [5.41, 5.74) is 3.54. The molecule has 0 radical (unpaired) electrons. The summed E-state index contributed by atoms with van der Waals surface area (Å²) in [7, 11) is 0. The topological polar surface area (TPSA) is 84.2 Å². The Morgan fingerprint density at radius 1 is 1.04 bits per heavy atom. The second-order valence-electron chi connectivity index (χ2n) is 6.12. The first-order valence-electron chi connectivity index (χ1n) is 8.30. The Morgan fingerprint density at radius 2 is 1.70 bits per heavy atom. The van der Waals surface area contributed by atoms with E-state index in [2.05, 4.69) is 15.8 Å². The van der Waals surface area contributed by atoms with E-state index in [1.807, 2.05) is 19.1 Å². The summed E-state index contributed by atoms with van der Waals surface area (Å²) in [5.74, 6) is 0.452. The van der Waals surface area contributed by atoms with Gasteiger partial charge in [0.1, 0.15) is 5.76 Å². The molecule has 0 aliphatic carbocycles. The molecule has 3 aromatic rings. The van der Waals surface area contributed by atoms with Gasteiger partial charge in [-0.2, -0.15) is 0 Å². The van der Waals surface area contributed by atoms with E-state index in [-0.39, 0.29) is 18.2 Å². The van der Waals surface area contributed by atoms with Gasteiger partial charge in [-0.25, -0.2) is 4.79 Å². The molecule has 1 heterocycles. The molecule has 7 heteroatoms. The van der Waals surface area contributed by atoms with E-state index in [0.29, 0.717) is 27.7 Å². The second-order valence-corrected chi connectivity index (χ2v) is 6.56. The van der Waals surface area contributed by atoms with Crippen molar-refractivity contribution in [1.29, 1.82) is 0 Å². The number of halogens is 1. The van der Waals surface area contributed by atoms with E-state index in [1.165, 1.54) is 6.20 Å². The number of carbonyl (C=O) groups excluding carboxylic acids is 2. The Morgan fingerprint density at radius 3 is 2.33 bits per heavy atom. The Kier molecular flexibility index (Phi) is 5.57. The average molecular weight is 384 g/mol. The third-order valence-corrected chi connectivity index (χ3v) is 4.36. The molecule has 3 rings (SSSR count). The van der Waals surface area contributed by atoms with Crippen molar-refractivity contribution in [2.24, 2.45) is 0 Å². The van der Waals surface area contributed by atoms with Crippen molar-refractivity contribution in [2.45, 2.75) is 20.3 Å². The number of anilines is 2. The molecule has 1 aromatic heterocycles. The molecule has 6 nitrogen and oxygen atoms in total. The van der Waals surface area contributed by atoms with Crippen LogP contribution in [-0.4, -0.2) is 17.0 Å². The highest BCUT2D eigenvalue weighted by atomic mass is 35.5. The number of aryl methyl sites for hydroxylation is 2. The summed E-state index contributed by atoms with van der Waals surface area (Å²) in [6.07, 6.45) is 1.68. The van der Waals surface area contributed by atoms with Gasteiger partial charge in [-0.1, -0.05) is 22.8 Å². The quantitative estimate of drug-likeness (QED) is 0.606. The number of aromatic nitrogens is 1. The molecule has 0 fully saturated rings. The van der Waals surface area contributed by atoms with E-state index in [4.69, 9.17) is 16.1 Å². The largest absolute Gasteiger partial charge is 0.361 e. The van der Waals surface area contributed by atoms with E-state index < -0.39 is 0 Å². The maximum Gasteiger partial charge on any atom is 0.323 e. The zero-order chi connectivity index (χ0) is 19.4. The van der Waals surface area contributed by atoms with Gasteiger partial charge in [-0.05, 0) is 61.4 Å². The molecule has 0 saturated heterocycles. The van der Waals surface area contributed by atoms with Gasteiger partial charge >= 0.3 is 6.03 Å². The molecule has 2 amide bonds. The molecule has 0 spiro atoms. The molecule has 0 aliphatic rings. The molecule has 2 aromatic carbocycles. The highest BCUT2D eigenvalue weighted by Gasteiger charge is 2.15. The monoisotopic (exact) mass is 383 g/mol. The maximum absolute atomic E-state index is 12.3. The van der Waals surface area contributed by atoms with Crippen molar-refractivity contribution < 1.29 is 14.1 Å². The number of amides is 2. The van der Waals surface area contributed by atoms with Gasteiger partial charge in [-0.15, -0.1) is 0 Å². The van der Waals surface area contributed by atoms with Gasteiger partial charge in [-0.3, -0.25) is 4.79 Å². The molecule has 138 valence electrons. The molecule has 0 bridgehead atoms. The Balaban J connectivity index is 1.64. The smallest absolute Gasteiger partial charge is 0.323 e. The maximum atomic E-state index is 12.3. The molecule has 0 saturated carbocycles. The van der Waals surface area contributed by atoms with Crippen LogP contribution in [0.2, 0.25) is 5.02 Å². The van der Waals surface area contributed by atoms with Crippen molar-refractivity contribution in [3.05, 3.63) is 76.1 Å². The lowest BCUT2D eigenvalue weighted by atomic mass is 9.99. The van der Waals surface area contributed by atoms with Crippen molar-refractivity contribution in [1.82, 2.24) is 5.16 Å². The lowest BCUT2D eigenvalue weighted by Gasteiger charge is -2.11. The van der Waals surface area contributed by atoms with E-state index >= 15 is 0 Å². The number of benzene rings is 2. The highest BCUT2D eigenvalue weighted by molar-refractivity contribution is 6.30. The van der Waals surface area contributed by atoms with Gasteiger partial charge in [0.25, 0.3) is 0 Å². The van der Waals surface area contributed by atoms with Gasteiger partial charge < -0.3 is 15.2 Å². The Bertz CT molecular complexity index is 980. The van der Waals surface area contributed by atoms with Gasteiger partial charge in [0.2, 0.25) is 0 Å². The highest BCUT2D eigenvalue weighted by Crippen LogP contribution is 2.19. The Labute approximate surface area is 161 Å². The summed E-state index contributed by atoms with van der Waals surface area (Å²) in [5, 5.41) is 9.73. The van der Waals surface area contributed by atoms with Gasteiger partial charge in [0.15, 0.2) is 5.78 Å². The average Bonchev–Trinajstić information content (AvgIpc) is 3.05. The standard InChI is InChI=1S/C20H18ClN3O3/c1-12-9-17(24-20(26)23-16-7-4-15(21)5-8-16)6-3-14(12)10-19(25)18-11-22-27-13(18)2/h3-9,11H,10H2,1-2H3,(H2,23,24,26). The predicted molar refractivity (Wildman–Crippen MR) is 105 cm³/mol. The lowest BCUT2D eigenvalue weighted by molar-refractivity contribution is 0.0991. The molecule has 27 heavy (non-hydrogen) atoms. The minimum Gasteiger partial charge on any atom is -0.361 e. The summed E-state index contributed by atoms with van der Waals surface area (Å²) >= 11 is 5.83. The number of ketones is 1. The number of hydrogen-bond acceptors (Lipinski definition) is 4. The molecule has 0 unspecified atom stereocenters. The van der Waals surface area contributed by atoms with Gasteiger partial charge in [0, 0.05) is 22.8 Å². The van der Waals surface area contributed by atoms with Crippen LogP contribution >= 0.6 is 11.6 Å². The number of nitrogens with zero attached hydrogens (tertiary/aromatic N) is 1. The number of urea groups is 1. The fourth-order valence-corrected chi connectivity index (χ4v) is 2.76. The number of nitrogens with one attached hydrogen (secondary N) is 2. The van der Waals surface area contributed by atoms with Crippen LogP contribution in [0.15, 0.2) is 53.2 Å². The van der Waals surface area contributed by atoms with E-state index in [0.717, 1.165) is 11.1 Å². The number of hydrogen-bond donors (Lipinski definition) is 2. The second kappa shape index (κ2) is 8.05. The summed E-state index contributed by atoms with van der Waals surface area (Å²) in [4.78, 5) is 24.5. The van der Waals surface area contributed by atoms with Crippen LogP contribution in [0.4, 0.5) is 16.2 Å². The minimum absolute atomic E-state index is 0.0574. The fourth-order valence-electron chi connectivity index (χ4n) is 2.63. The first kappa shape index (κ1) is 18.7. The van der Waals surface area contributed by atoms with Crippen LogP contribution in [-0.2, 0) is 6.42 Å². The summed E-state index contributed by atoms with van der Waals surface area (Å²) < 4.78 is 4.94. The molecular formula is C20H18ClN3O3. The molecule has 0 aliphatic heterocycles. The van der Waals surface area contributed by atoms with Crippen molar-refractivity contribution >= 4 is 34.8 Å². The van der Waals surface area contributed by atoms with Crippen LogP contribution in [0.5, 0.6) is 0 Å². The minimum atomic E-state index is -0.361. The Hall–Kier alpha value is -3.12. The normalized spacial score (nSPS) is 10.5. The molecular weight excluding hydrogens is 366 g/mol. The third kappa shape index (κ3) is 4.74.